The van der Waals surface area contributed by atoms with Crippen molar-refractivity contribution >= 4 is 11.9 Å². The molecule has 0 saturated heterocycles. The number of rotatable bonds is 5. The summed E-state index contributed by atoms with van der Waals surface area (Å²) in [6.07, 6.45) is 7.79. The maximum absolute atomic E-state index is 12.1. The van der Waals surface area contributed by atoms with Crippen molar-refractivity contribution in [3.05, 3.63) is 90.0 Å². The van der Waals surface area contributed by atoms with Crippen molar-refractivity contribution in [1.82, 2.24) is 0 Å². The molecule has 0 aliphatic carbocycles. The van der Waals surface area contributed by atoms with Crippen LogP contribution in [0.5, 0.6) is 0 Å². The quantitative estimate of drug-likeness (QED) is 0.544. The maximum Gasteiger partial charge on any atom is 0.185 e. The monoisotopic (exact) mass is 276 g/mol. The molecule has 106 valence electrons. The normalized spacial score (nSPS) is 12.1. The minimum Gasteiger partial charge on any atom is -0.289 e. The molecule has 0 saturated carbocycles. The van der Waals surface area contributed by atoms with Crippen LogP contribution in [-0.4, -0.2) is 5.78 Å². The molecule has 0 heterocycles. The average Bonchev–Trinajstić information content (AvgIpc) is 2.53. The number of hydrogen-bond donors (Lipinski definition) is 0. The molecule has 0 radical (unpaired) electrons. The van der Waals surface area contributed by atoms with Crippen LogP contribution in [0.2, 0.25) is 0 Å². The zero-order valence-electron chi connectivity index (χ0n) is 12.5. The molecule has 2 rings (SSSR count). The van der Waals surface area contributed by atoms with Gasteiger partial charge in [0.25, 0.3) is 0 Å². The van der Waals surface area contributed by atoms with Crippen LogP contribution in [0.25, 0.3) is 6.08 Å². The smallest absolute Gasteiger partial charge is 0.185 e. The van der Waals surface area contributed by atoms with Gasteiger partial charge in [0.05, 0.1) is 0 Å². The molecule has 21 heavy (non-hydrogen) atoms. The van der Waals surface area contributed by atoms with Gasteiger partial charge >= 0.3 is 0 Å². The highest BCUT2D eigenvalue weighted by Crippen LogP contribution is 2.21. The summed E-state index contributed by atoms with van der Waals surface area (Å²) in [5.74, 6) is 0.0387. The van der Waals surface area contributed by atoms with Crippen LogP contribution in [0.3, 0.4) is 0 Å². The highest BCUT2D eigenvalue weighted by molar-refractivity contribution is 6.04. The molecule has 0 fully saturated rings. The Labute approximate surface area is 126 Å². The highest BCUT2D eigenvalue weighted by Gasteiger charge is 2.10. The minimum atomic E-state index is -0.166. The van der Waals surface area contributed by atoms with E-state index in [-0.39, 0.29) is 11.2 Å². The Morgan fingerprint density at radius 2 is 1.43 bits per heavy atom. The second-order valence-electron chi connectivity index (χ2n) is 5.63. The van der Waals surface area contributed by atoms with Crippen LogP contribution in [0.15, 0.2) is 78.9 Å². The lowest BCUT2D eigenvalue weighted by molar-refractivity contribution is 0.104. The van der Waals surface area contributed by atoms with Crippen molar-refractivity contribution in [2.24, 2.45) is 5.41 Å². The van der Waals surface area contributed by atoms with Crippen LogP contribution >= 0.6 is 0 Å². The van der Waals surface area contributed by atoms with Gasteiger partial charge in [-0.05, 0) is 11.6 Å². The first-order valence-electron chi connectivity index (χ1n) is 7.10. The third-order valence-electron chi connectivity index (χ3n) is 3.23. The van der Waals surface area contributed by atoms with Crippen LogP contribution < -0.4 is 0 Å². The number of ketones is 1. The first kappa shape index (κ1) is 15.0. The van der Waals surface area contributed by atoms with Crippen LogP contribution in [0.1, 0.15) is 29.8 Å². The molecule has 0 aliphatic heterocycles. The fourth-order valence-corrected chi connectivity index (χ4v) is 1.92. The summed E-state index contributed by atoms with van der Waals surface area (Å²) in [7, 11) is 0. The number of carbonyl (C=O) groups is 1. The van der Waals surface area contributed by atoms with Crippen LogP contribution in [0.4, 0.5) is 0 Å². The summed E-state index contributed by atoms with van der Waals surface area (Å²) in [5, 5.41) is 0. The molecule has 0 aromatic heterocycles. The van der Waals surface area contributed by atoms with E-state index in [1.54, 1.807) is 6.08 Å². The topological polar surface area (TPSA) is 17.1 Å². The Kier molecular flexibility index (Phi) is 4.89. The Morgan fingerprint density at radius 1 is 0.857 bits per heavy atom. The van der Waals surface area contributed by atoms with E-state index in [2.05, 4.69) is 38.1 Å². The number of benzene rings is 2. The van der Waals surface area contributed by atoms with Gasteiger partial charge in [-0.3, -0.25) is 4.79 Å². The van der Waals surface area contributed by atoms with E-state index < -0.39 is 0 Å². The lowest BCUT2D eigenvalue weighted by atomic mass is 9.91. The van der Waals surface area contributed by atoms with E-state index >= 15 is 0 Å². The largest absolute Gasteiger partial charge is 0.289 e. The Bertz CT molecular complexity index is 634. The van der Waals surface area contributed by atoms with E-state index in [0.29, 0.717) is 0 Å². The van der Waals surface area contributed by atoms with E-state index in [0.717, 1.165) is 11.1 Å². The van der Waals surface area contributed by atoms with Crippen LogP contribution in [0, 0.1) is 5.41 Å². The van der Waals surface area contributed by atoms with Gasteiger partial charge in [0, 0.05) is 11.0 Å². The van der Waals surface area contributed by atoms with Gasteiger partial charge in [-0.25, -0.2) is 0 Å². The van der Waals surface area contributed by atoms with Crippen molar-refractivity contribution < 1.29 is 4.79 Å². The molecule has 0 atom stereocenters. The average molecular weight is 276 g/mol. The Hall–Kier alpha value is -2.41. The van der Waals surface area contributed by atoms with Gasteiger partial charge in [0.2, 0.25) is 0 Å². The predicted molar refractivity (Wildman–Crippen MR) is 89.2 cm³/mol. The summed E-state index contributed by atoms with van der Waals surface area (Å²) in [6, 6.07) is 19.5. The molecule has 0 spiro atoms. The second-order valence-corrected chi connectivity index (χ2v) is 5.63. The molecule has 0 amide bonds. The molecule has 0 aliphatic rings. The van der Waals surface area contributed by atoms with Gasteiger partial charge in [0.15, 0.2) is 5.78 Å². The summed E-state index contributed by atoms with van der Waals surface area (Å²) in [4.78, 5) is 12.1. The van der Waals surface area contributed by atoms with Crippen molar-refractivity contribution in [3.63, 3.8) is 0 Å². The first-order chi connectivity index (χ1) is 10.1. The second kappa shape index (κ2) is 6.85. The van der Waals surface area contributed by atoms with Crippen molar-refractivity contribution in [2.75, 3.05) is 0 Å². The van der Waals surface area contributed by atoms with Gasteiger partial charge in [-0.2, -0.15) is 0 Å². The Morgan fingerprint density at radius 3 is 2.05 bits per heavy atom. The van der Waals surface area contributed by atoms with Gasteiger partial charge < -0.3 is 0 Å². The molecule has 0 bridgehead atoms. The van der Waals surface area contributed by atoms with Gasteiger partial charge in [-0.15, -0.1) is 0 Å². The van der Waals surface area contributed by atoms with E-state index in [1.807, 2.05) is 54.6 Å². The molecule has 1 nitrogen and oxygen atoms in total. The molecule has 2 aromatic carbocycles. The van der Waals surface area contributed by atoms with E-state index in [4.69, 9.17) is 0 Å². The summed E-state index contributed by atoms with van der Waals surface area (Å²) in [6.45, 7) is 4.17. The SMILES string of the molecule is CC(C)(/C=C/C(=O)c1ccccc1)/C=C/c1ccccc1. The summed E-state index contributed by atoms with van der Waals surface area (Å²) < 4.78 is 0. The van der Waals surface area contributed by atoms with Crippen molar-refractivity contribution in [1.29, 1.82) is 0 Å². The van der Waals surface area contributed by atoms with Gasteiger partial charge in [0.1, 0.15) is 0 Å². The van der Waals surface area contributed by atoms with Gasteiger partial charge in [-0.1, -0.05) is 92.7 Å². The predicted octanol–water partition coefficient (Wildman–Crippen LogP) is 5.17. The molecule has 2 aromatic rings. The molecule has 0 N–H and O–H groups in total. The summed E-state index contributed by atoms with van der Waals surface area (Å²) in [5.41, 5.74) is 1.71. The van der Waals surface area contributed by atoms with E-state index in [9.17, 15) is 4.79 Å². The fourth-order valence-electron chi connectivity index (χ4n) is 1.92. The van der Waals surface area contributed by atoms with Crippen molar-refractivity contribution in [2.45, 2.75) is 13.8 Å². The highest BCUT2D eigenvalue weighted by atomic mass is 16.1. The van der Waals surface area contributed by atoms with Crippen molar-refractivity contribution in [3.8, 4) is 0 Å². The molecule has 1 heteroatoms. The fraction of sp³-hybridized carbons (Fsp3) is 0.150. The third kappa shape index (κ3) is 4.88. The minimum absolute atomic E-state index is 0.0387. The zero-order chi connectivity index (χ0) is 15.1. The molecular formula is C20H20O. The lowest BCUT2D eigenvalue weighted by Gasteiger charge is -2.14. The molecule has 0 unspecified atom stereocenters. The number of carbonyl (C=O) groups excluding carboxylic acids is 1. The Balaban J connectivity index is 2.05. The first-order valence-corrected chi connectivity index (χ1v) is 7.10. The number of hydrogen-bond acceptors (Lipinski definition) is 1. The van der Waals surface area contributed by atoms with Crippen LogP contribution in [-0.2, 0) is 0 Å². The third-order valence-corrected chi connectivity index (χ3v) is 3.23. The molecular weight excluding hydrogens is 256 g/mol. The lowest BCUT2D eigenvalue weighted by Crippen LogP contribution is -2.04. The maximum atomic E-state index is 12.1. The standard InChI is InChI=1S/C20H20O/c1-20(2,15-13-17-9-5-3-6-10-17)16-14-19(21)18-11-7-4-8-12-18/h3-16H,1-2H3/b15-13+,16-14+. The zero-order valence-corrected chi connectivity index (χ0v) is 12.5. The summed E-state index contributed by atoms with van der Waals surface area (Å²) >= 11 is 0. The number of allylic oxidation sites excluding steroid dienone is 3. The van der Waals surface area contributed by atoms with E-state index in [1.165, 1.54) is 0 Å².